The second-order valence-electron chi connectivity index (χ2n) is 2.85. The van der Waals surface area contributed by atoms with E-state index in [9.17, 15) is 10.1 Å². The van der Waals surface area contributed by atoms with Gasteiger partial charge in [-0.05, 0) is 11.6 Å². The smallest absolute Gasteiger partial charge is 0.232 e. The Hall–Kier alpha value is -1.68. The second kappa shape index (κ2) is 5.14. The van der Waals surface area contributed by atoms with Crippen molar-refractivity contribution in [1.82, 2.24) is 0 Å². The Kier molecular flexibility index (Phi) is 3.82. The second-order valence-corrected chi connectivity index (χ2v) is 2.85. The maximum Gasteiger partial charge on any atom is 0.232 e. The lowest BCUT2D eigenvalue weighted by molar-refractivity contribution is -0.487. The van der Waals surface area contributed by atoms with Gasteiger partial charge in [0.05, 0.1) is 0 Å². The molecule has 0 spiro atoms. The van der Waals surface area contributed by atoms with Crippen molar-refractivity contribution in [2.75, 3.05) is 6.54 Å². The average Bonchev–Trinajstić information content (AvgIpc) is 2.15. The molecule has 0 amide bonds. The molecule has 0 bridgehead atoms. The van der Waals surface area contributed by atoms with E-state index in [0.29, 0.717) is 0 Å². The Morgan fingerprint density at radius 3 is 2.64 bits per heavy atom. The molecule has 74 valence electrons. The van der Waals surface area contributed by atoms with Crippen molar-refractivity contribution in [1.29, 1.82) is 0 Å². The minimum Gasteiger partial charge on any atom is -0.382 e. The summed E-state index contributed by atoms with van der Waals surface area (Å²) in [6.07, 6.45) is 2.05. The quantitative estimate of drug-likeness (QED) is 0.579. The molecule has 14 heavy (non-hydrogen) atoms. The molecule has 0 saturated heterocycles. The molecule has 0 saturated carbocycles. The summed E-state index contributed by atoms with van der Waals surface area (Å²) in [7, 11) is 0. The molecule has 0 heterocycles. The number of hydrogen-bond acceptors (Lipinski definition) is 3. The number of aliphatic hydroxyl groups is 1. The normalized spacial score (nSPS) is 12.9. The van der Waals surface area contributed by atoms with Gasteiger partial charge in [0.25, 0.3) is 0 Å². The largest absolute Gasteiger partial charge is 0.382 e. The minimum absolute atomic E-state index is 0.455. The van der Waals surface area contributed by atoms with E-state index >= 15 is 0 Å². The van der Waals surface area contributed by atoms with E-state index in [4.69, 9.17) is 5.11 Å². The molecule has 0 aromatic heterocycles. The van der Waals surface area contributed by atoms with Crippen LogP contribution in [-0.4, -0.2) is 22.7 Å². The molecule has 0 unspecified atom stereocenters. The van der Waals surface area contributed by atoms with E-state index in [1.54, 1.807) is 6.08 Å². The molecular weight excluding hydrogens is 182 g/mol. The van der Waals surface area contributed by atoms with Crippen LogP contribution in [0.3, 0.4) is 0 Å². The van der Waals surface area contributed by atoms with Gasteiger partial charge in [-0.1, -0.05) is 36.4 Å². The van der Waals surface area contributed by atoms with E-state index in [2.05, 4.69) is 0 Å². The maximum atomic E-state index is 10.0. The molecule has 1 aromatic carbocycles. The van der Waals surface area contributed by atoms with Crippen molar-refractivity contribution in [3.63, 3.8) is 0 Å². The maximum absolute atomic E-state index is 10.0. The Balaban J connectivity index is 2.52. The molecule has 1 rings (SSSR count). The number of nitrogens with zero attached hydrogens (tertiary/aromatic N) is 1. The Bertz CT molecular complexity index is 321. The van der Waals surface area contributed by atoms with Crippen LogP contribution in [0.5, 0.6) is 0 Å². The van der Waals surface area contributed by atoms with Crippen molar-refractivity contribution in [2.45, 2.75) is 6.10 Å². The summed E-state index contributed by atoms with van der Waals surface area (Å²) in [6, 6.07) is 9.31. The van der Waals surface area contributed by atoms with Crippen LogP contribution in [0.4, 0.5) is 0 Å². The first-order valence-electron chi connectivity index (χ1n) is 4.21. The van der Waals surface area contributed by atoms with Crippen LogP contribution >= 0.6 is 0 Å². The molecule has 4 nitrogen and oxygen atoms in total. The third-order valence-electron chi connectivity index (χ3n) is 1.65. The fraction of sp³-hybridized carbons (Fsp3) is 0.200. The summed E-state index contributed by atoms with van der Waals surface area (Å²) in [4.78, 5) is 9.49. The lowest BCUT2D eigenvalue weighted by Gasteiger charge is -1.98. The molecule has 0 fully saturated rings. The van der Waals surface area contributed by atoms with Gasteiger partial charge in [-0.15, -0.1) is 0 Å². The number of hydrogen-bond donors (Lipinski definition) is 1. The van der Waals surface area contributed by atoms with E-state index in [0.717, 1.165) is 5.56 Å². The summed E-state index contributed by atoms with van der Waals surface area (Å²) in [6.45, 7) is -0.455. The van der Waals surface area contributed by atoms with Gasteiger partial charge in [-0.25, -0.2) is 0 Å². The molecular formula is C10H11NO3. The highest BCUT2D eigenvalue weighted by Gasteiger charge is 2.05. The standard InChI is InChI=1S/C10H11NO3/c12-10(8-11(13)14)7-6-9-4-2-1-3-5-9/h1-7,10,12H,8H2/b7-6+/t10-/m0/s1. The predicted molar refractivity (Wildman–Crippen MR) is 53.3 cm³/mol. The van der Waals surface area contributed by atoms with Gasteiger partial charge in [0.1, 0.15) is 6.10 Å². The van der Waals surface area contributed by atoms with Crippen LogP contribution in [-0.2, 0) is 0 Å². The Labute approximate surface area is 81.6 Å². The molecule has 1 aromatic rings. The summed E-state index contributed by atoms with van der Waals surface area (Å²) in [5.41, 5.74) is 0.912. The Morgan fingerprint density at radius 1 is 1.43 bits per heavy atom. The third-order valence-corrected chi connectivity index (χ3v) is 1.65. The highest BCUT2D eigenvalue weighted by molar-refractivity contribution is 5.49. The topological polar surface area (TPSA) is 63.4 Å². The molecule has 4 heteroatoms. The Morgan fingerprint density at radius 2 is 2.07 bits per heavy atom. The van der Waals surface area contributed by atoms with Crippen molar-refractivity contribution < 1.29 is 10.0 Å². The van der Waals surface area contributed by atoms with Gasteiger partial charge >= 0.3 is 0 Å². The fourth-order valence-electron chi connectivity index (χ4n) is 1.000. The zero-order chi connectivity index (χ0) is 10.4. The zero-order valence-corrected chi connectivity index (χ0v) is 7.54. The number of rotatable bonds is 4. The highest BCUT2D eigenvalue weighted by Crippen LogP contribution is 2.01. The highest BCUT2D eigenvalue weighted by atomic mass is 16.6. The fourth-order valence-corrected chi connectivity index (χ4v) is 1.000. The van der Waals surface area contributed by atoms with Gasteiger partial charge in [0.2, 0.25) is 6.54 Å². The molecule has 0 radical (unpaired) electrons. The van der Waals surface area contributed by atoms with Crippen LogP contribution in [0, 0.1) is 10.1 Å². The first-order chi connectivity index (χ1) is 6.68. The van der Waals surface area contributed by atoms with Crippen LogP contribution in [0.25, 0.3) is 6.08 Å². The molecule has 0 aliphatic heterocycles. The summed E-state index contributed by atoms with van der Waals surface area (Å²) in [5, 5.41) is 19.2. The summed E-state index contributed by atoms with van der Waals surface area (Å²) >= 11 is 0. The van der Waals surface area contributed by atoms with Crippen molar-refractivity contribution in [3.05, 3.63) is 52.1 Å². The summed E-state index contributed by atoms with van der Waals surface area (Å²) < 4.78 is 0. The third kappa shape index (κ3) is 3.82. The van der Waals surface area contributed by atoms with E-state index in [1.807, 2.05) is 30.3 Å². The first kappa shape index (κ1) is 10.4. The van der Waals surface area contributed by atoms with Crippen LogP contribution in [0.2, 0.25) is 0 Å². The lowest BCUT2D eigenvalue weighted by Crippen LogP contribution is -2.16. The zero-order valence-electron chi connectivity index (χ0n) is 7.54. The predicted octanol–water partition coefficient (Wildman–Crippen LogP) is 1.34. The minimum atomic E-state index is -1.02. The average molecular weight is 193 g/mol. The van der Waals surface area contributed by atoms with Crippen LogP contribution in [0.15, 0.2) is 36.4 Å². The van der Waals surface area contributed by atoms with Crippen LogP contribution < -0.4 is 0 Å². The van der Waals surface area contributed by atoms with Gasteiger partial charge in [0, 0.05) is 4.92 Å². The van der Waals surface area contributed by atoms with E-state index in [-0.39, 0.29) is 0 Å². The van der Waals surface area contributed by atoms with Crippen LogP contribution in [0.1, 0.15) is 5.56 Å². The number of nitro groups is 1. The van der Waals surface area contributed by atoms with Gasteiger partial charge in [-0.2, -0.15) is 0 Å². The van der Waals surface area contributed by atoms with E-state index in [1.165, 1.54) is 6.08 Å². The number of aliphatic hydroxyl groups excluding tert-OH is 1. The van der Waals surface area contributed by atoms with Crippen molar-refractivity contribution in [2.24, 2.45) is 0 Å². The monoisotopic (exact) mass is 193 g/mol. The van der Waals surface area contributed by atoms with Crippen molar-refractivity contribution >= 4 is 6.08 Å². The van der Waals surface area contributed by atoms with Crippen molar-refractivity contribution in [3.8, 4) is 0 Å². The SMILES string of the molecule is O=[N+]([O-])C[C@@H](O)/C=C/c1ccccc1. The lowest BCUT2D eigenvalue weighted by atomic mass is 10.2. The van der Waals surface area contributed by atoms with Gasteiger partial charge in [0.15, 0.2) is 0 Å². The molecule has 0 aliphatic rings. The molecule has 1 N–H and O–H groups in total. The molecule has 1 atom stereocenters. The first-order valence-corrected chi connectivity index (χ1v) is 4.21. The number of benzene rings is 1. The molecule has 0 aliphatic carbocycles. The summed E-state index contributed by atoms with van der Waals surface area (Å²) in [5.74, 6) is 0. The van der Waals surface area contributed by atoms with Gasteiger partial charge in [-0.3, -0.25) is 10.1 Å². The van der Waals surface area contributed by atoms with E-state index < -0.39 is 17.6 Å². The van der Waals surface area contributed by atoms with Gasteiger partial charge < -0.3 is 5.11 Å².